The zero-order valence-electron chi connectivity index (χ0n) is 10.9. The summed E-state index contributed by atoms with van der Waals surface area (Å²) in [6.45, 7) is 2.02. The number of halogens is 2. The van der Waals surface area contributed by atoms with Crippen LogP contribution >= 0.6 is 23.2 Å². The highest BCUT2D eigenvalue weighted by Crippen LogP contribution is 2.29. The number of hydrogen-bond acceptors (Lipinski definition) is 2. The second-order valence-corrected chi connectivity index (χ2v) is 5.19. The smallest absolute Gasteiger partial charge is 0.120 e. The van der Waals surface area contributed by atoms with Crippen molar-refractivity contribution in [3.05, 3.63) is 57.3 Å². The molecule has 0 aliphatic carbocycles. The van der Waals surface area contributed by atoms with Crippen LogP contribution in [0.4, 0.5) is 0 Å². The molecular weight excluding hydrogens is 281 g/mol. The van der Waals surface area contributed by atoms with Gasteiger partial charge in [0.05, 0.1) is 16.3 Å². The predicted octanol–water partition coefficient (Wildman–Crippen LogP) is 4.47. The Morgan fingerprint density at radius 3 is 2.79 bits per heavy atom. The average molecular weight is 296 g/mol. The monoisotopic (exact) mass is 295 g/mol. The van der Waals surface area contributed by atoms with E-state index in [-0.39, 0.29) is 6.10 Å². The Morgan fingerprint density at radius 1 is 1.32 bits per heavy atom. The Morgan fingerprint density at radius 2 is 2.11 bits per heavy atom. The third kappa shape index (κ3) is 3.40. The van der Waals surface area contributed by atoms with Crippen LogP contribution < -0.4 is 0 Å². The molecule has 2 nitrogen and oxygen atoms in total. The molecule has 100 valence electrons. The summed E-state index contributed by atoms with van der Waals surface area (Å²) in [4.78, 5) is 3.98. The SMILES string of the molecule is CN=C/C=C1/C(Cc2ccc(Cl)c(Cl)c2)=COC1C. The molecule has 2 rings (SSSR count). The van der Waals surface area contributed by atoms with Crippen molar-refractivity contribution in [3.8, 4) is 0 Å². The molecular formula is C15H15Cl2NO. The molecule has 0 N–H and O–H groups in total. The van der Waals surface area contributed by atoms with E-state index in [2.05, 4.69) is 4.99 Å². The van der Waals surface area contributed by atoms with Crippen LogP contribution in [0.25, 0.3) is 0 Å². The number of nitrogens with zero attached hydrogens (tertiary/aromatic N) is 1. The van der Waals surface area contributed by atoms with Gasteiger partial charge >= 0.3 is 0 Å². The van der Waals surface area contributed by atoms with Crippen molar-refractivity contribution >= 4 is 29.4 Å². The summed E-state index contributed by atoms with van der Waals surface area (Å²) in [6, 6.07) is 5.68. The normalized spacial score (nSPS) is 20.9. The Bertz CT molecular complexity index is 561. The molecule has 19 heavy (non-hydrogen) atoms. The van der Waals surface area contributed by atoms with Crippen LogP contribution in [0.1, 0.15) is 12.5 Å². The van der Waals surface area contributed by atoms with Gasteiger partial charge in [-0.25, -0.2) is 0 Å². The van der Waals surface area contributed by atoms with Gasteiger partial charge in [0.25, 0.3) is 0 Å². The van der Waals surface area contributed by atoms with E-state index in [1.807, 2.05) is 37.5 Å². The van der Waals surface area contributed by atoms with Gasteiger partial charge < -0.3 is 4.74 Å². The zero-order chi connectivity index (χ0) is 13.8. The highest BCUT2D eigenvalue weighted by atomic mass is 35.5. The summed E-state index contributed by atoms with van der Waals surface area (Å²) in [5.41, 5.74) is 3.40. The number of aliphatic imine (C=N–C) groups is 1. The van der Waals surface area contributed by atoms with Crippen molar-refractivity contribution in [1.29, 1.82) is 0 Å². The summed E-state index contributed by atoms with van der Waals surface area (Å²) in [5.74, 6) is 0. The van der Waals surface area contributed by atoms with Gasteiger partial charge in [0.1, 0.15) is 6.10 Å². The van der Waals surface area contributed by atoms with E-state index >= 15 is 0 Å². The molecule has 0 fully saturated rings. The largest absolute Gasteiger partial charge is 0.493 e. The number of rotatable bonds is 3. The lowest BCUT2D eigenvalue weighted by Gasteiger charge is -2.08. The fourth-order valence-electron chi connectivity index (χ4n) is 2.00. The lowest BCUT2D eigenvalue weighted by Crippen LogP contribution is -2.04. The Balaban J connectivity index is 2.20. The Labute approximate surface area is 123 Å². The van der Waals surface area contributed by atoms with E-state index in [1.54, 1.807) is 13.3 Å². The second-order valence-electron chi connectivity index (χ2n) is 4.38. The molecule has 1 unspecified atom stereocenters. The fraction of sp³-hybridized carbons (Fsp3) is 0.267. The average Bonchev–Trinajstić information content (AvgIpc) is 2.72. The van der Waals surface area contributed by atoms with E-state index in [9.17, 15) is 0 Å². The third-order valence-corrected chi connectivity index (χ3v) is 3.74. The van der Waals surface area contributed by atoms with Gasteiger partial charge in [-0.05, 0) is 36.3 Å². The summed E-state index contributed by atoms with van der Waals surface area (Å²) < 4.78 is 5.55. The first kappa shape index (κ1) is 14.2. The maximum absolute atomic E-state index is 6.03. The predicted molar refractivity (Wildman–Crippen MR) is 81.3 cm³/mol. The van der Waals surface area contributed by atoms with Crippen molar-refractivity contribution in [2.75, 3.05) is 7.05 Å². The zero-order valence-corrected chi connectivity index (χ0v) is 12.4. The lowest BCUT2D eigenvalue weighted by molar-refractivity contribution is 0.214. The molecule has 1 aliphatic heterocycles. The summed E-state index contributed by atoms with van der Waals surface area (Å²) in [6.07, 6.45) is 6.41. The van der Waals surface area contributed by atoms with E-state index in [4.69, 9.17) is 27.9 Å². The van der Waals surface area contributed by atoms with Crippen LogP contribution in [-0.2, 0) is 11.2 Å². The minimum Gasteiger partial charge on any atom is -0.493 e. The molecule has 1 heterocycles. The Hall–Kier alpha value is -1.25. The van der Waals surface area contributed by atoms with Crippen LogP contribution in [0.2, 0.25) is 10.0 Å². The summed E-state index contributed by atoms with van der Waals surface area (Å²) in [5, 5.41) is 1.15. The van der Waals surface area contributed by atoms with E-state index in [1.165, 1.54) is 0 Å². The number of benzene rings is 1. The first-order valence-corrected chi connectivity index (χ1v) is 6.78. The van der Waals surface area contributed by atoms with Crippen molar-refractivity contribution < 1.29 is 4.74 Å². The maximum Gasteiger partial charge on any atom is 0.120 e. The van der Waals surface area contributed by atoms with Crippen LogP contribution in [0.3, 0.4) is 0 Å². The lowest BCUT2D eigenvalue weighted by atomic mass is 9.97. The van der Waals surface area contributed by atoms with Crippen molar-refractivity contribution in [2.45, 2.75) is 19.4 Å². The van der Waals surface area contributed by atoms with E-state index in [0.717, 1.165) is 23.1 Å². The van der Waals surface area contributed by atoms with Crippen LogP contribution in [0.5, 0.6) is 0 Å². The van der Waals surface area contributed by atoms with Gasteiger partial charge in [-0.3, -0.25) is 4.99 Å². The summed E-state index contributed by atoms with van der Waals surface area (Å²) >= 11 is 11.9. The van der Waals surface area contributed by atoms with Gasteiger partial charge in [0.2, 0.25) is 0 Å². The van der Waals surface area contributed by atoms with Crippen molar-refractivity contribution in [3.63, 3.8) is 0 Å². The molecule has 1 aromatic carbocycles. The molecule has 0 spiro atoms. The topological polar surface area (TPSA) is 21.6 Å². The number of ether oxygens (including phenoxy) is 1. The van der Waals surface area contributed by atoms with Gasteiger partial charge in [-0.1, -0.05) is 29.3 Å². The third-order valence-electron chi connectivity index (χ3n) is 3.00. The molecule has 1 aliphatic rings. The van der Waals surface area contributed by atoms with Crippen LogP contribution in [0, 0.1) is 0 Å². The molecule has 0 amide bonds. The fourth-order valence-corrected chi connectivity index (χ4v) is 2.32. The van der Waals surface area contributed by atoms with E-state index < -0.39 is 0 Å². The standard InChI is InChI=1S/C15H15Cl2NO/c1-10-13(5-6-18-2)12(9-19-10)7-11-3-4-14(16)15(17)8-11/h3-6,8-10H,7H2,1-2H3/b13-5+,18-6?. The van der Waals surface area contributed by atoms with Gasteiger partial charge in [-0.15, -0.1) is 0 Å². The molecule has 0 aromatic heterocycles. The Kier molecular flexibility index (Phi) is 4.67. The van der Waals surface area contributed by atoms with E-state index in [0.29, 0.717) is 10.0 Å². The molecule has 0 radical (unpaired) electrons. The van der Waals surface area contributed by atoms with Crippen molar-refractivity contribution in [2.24, 2.45) is 4.99 Å². The van der Waals surface area contributed by atoms with Gasteiger partial charge in [-0.2, -0.15) is 0 Å². The number of hydrogen-bond donors (Lipinski definition) is 0. The maximum atomic E-state index is 6.03. The molecule has 4 heteroatoms. The highest BCUT2D eigenvalue weighted by molar-refractivity contribution is 6.42. The summed E-state index contributed by atoms with van der Waals surface area (Å²) in [7, 11) is 1.75. The first-order valence-electron chi connectivity index (χ1n) is 6.03. The molecule has 0 bridgehead atoms. The van der Waals surface area contributed by atoms with Crippen LogP contribution in [-0.4, -0.2) is 19.4 Å². The minimum atomic E-state index is 0.0655. The molecule has 0 saturated heterocycles. The second kappa shape index (κ2) is 6.27. The van der Waals surface area contributed by atoms with Gasteiger partial charge in [0, 0.05) is 25.3 Å². The molecule has 1 aromatic rings. The quantitative estimate of drug-likeness (QED) is 0.754. The highest BCUT2D eigenvalue weighted by Gasteiger charge is 2.20. The molecule has 0 saturated carbocycles. The van der Waals surface area contributed by atoms with Crippen molar-refractivity contribution in [1.82, 2.24) is 0 Å². The first-order chi connectivity index (χ1) is 9.11. The molecule has 1 atom stereocenters. The van der Waals surface area contributed by atoms with Gasteiger partial charge in [0.15, 0.2) is 0 Å². The van der Waals surface area contributed by atoms with Crippen LogP contribution in [0.15, 0.2) is 46.7 Å². The minimum absolute atomic E-state index is 0.0655. The number of allylic oxidation sites excluding steroid dienone is 1.